The Morgan fingerprint density at radius 2 is 1.76 bits per heavy atom. The Kier molecular flexibility index (Phi) is 5.38. The van der Waals surface area contributed by atoms with Crippen molar-refractivity contribution < 1.29 is 19.2 Å². The first-order valence-corrected chi connectivity index (χ1v) is 9.26. The fourth-order valence-electron chi connectivity index (χ4n) is 2.85. The molecule has 0 N–H and O–H groups in total. The van der Waals surface area contributed by atoms with Crippen LogP contribution in [0.5, 0.6) is 0 Å². The van der Waals surface area contributed by atoms with Crippen LogP contribution in [0.15, 0.2) is 36.4 Å². The molecule has 0 spiro atoms. The van der Waals surface area contributed by atoms with Gasteiger partial charge in [0.05, 0.1) is 21.7 Å². The molecular formula is C20H16Cl2N2O5. The summed E-state index contributed by atoms with van der Waals surface area (Å²) < 4.78 is 5.33. The van der Waals surface area contributed by atoms with Gasteiger partial charge in [-0.2, -0.15) is 0 Å². The molecule has 7 nitrogen and oxygen atoms in total. The van der Waals surface area contributed by atoms with E-state index in [1.807, 2.05) is 0 Å². The highest BCUT2D eigenvalue weighted by molar-refractivity contribution is 6.42. The number of hydrogen-bond acceptors (Lipinski definition) is 5. The lowest BCUT2D eigenvalue weighted by Crippen LogP contribution is -2.38. The number of benzene rings is 2. The van der Waals surface area contributed by atoms with Crippen LogP contribution in [0.1, 0.15) is 31.9 Å². The van der Waals surface area contributed by atoms with Crippen LogP contribution in [-0.4, -0.2) is 22.5 Å². The molecule has 1 aliphatic heterocycles. The third-order valence-electron chi connectivity index (χ3n) is 3.99. The lowest BCUT2D eigenvalue weighted by molar-refractivity contribution is -0.385. The second-order valence-electron chi connectivity index (χ2n) is 7.30. The predicted molar refractivity (Wildman–Crippen MR) is 111 cm³/mol. The van der Waals surface area contributed by atoms with E-state index in [0.29, 0.717) is 10.6 Å². The molecule has 3 rings (SSSR count). The van der Waals surface area contributed by atoms with Crippen molar-refractivity contribution in [1.29, 1.82) is 0 Å². The van der Waals surface area contributed by atoms with E-state index < -0.39 is 22.5 Å². The van der Waals surface area contributed by atoms with Gasteiger partial charge in [0.25, 0.3) is 11.6 Å². The maximum atomic E-state index is 13.1. The number of rotatable bonds is 2. The van der Waals surface area contributed by atoms with Gasteiger partial charge in [0.15, 0.2) is 0 Å². The molecule has 0 unspecified atom stereocenters. The van der Waals surface area contributed by atoms with Crippen LogP contribution < -0.4 is 4.90 Å². The molecule has 29 heavy (non-hydrogen) atoms. The van der Waals surface area contributed by atoms with E-state index in [0.717, 1.165) is 4.90 Å². The summed E-state index contributed by atoms with van der Waals surface area (Å²) in [7, 11) is 0. The van der Waals surface area contributed by atoms with Gasteiger partial charge in [-0.05, 0) is 51.1 Å². The molecule has 1 heterocycles. The van der Waals surface area contributed by atoms with Crippen molar-refractivity contribution >= 4 is 58.2 Å². The number of nitro groups is 1. The Bertz CT molecular complexity index is 1070. The normalized spacial score (nSPS) is 14.9. The van der Waals surface area contributed by atoms with Crippen molar-refractivity contribution in [3.63, 3.8) is 0 Å². The van der Waals surface area contributed by atoms with Crippen LogP contribution in [0.4, 0.5) is 16.2 Å². The summed E-state index contributed by atoms with van der Waals surface area (Å²) in [6.07, 6.45) is 0.471. The van der Waals surface area contributed by atoms with Crippen LogP contribution in [0.2, 0.25) is 10.0 Å². The van der Waals surface area contributed by atoms with Gasteiger partial charge in [-0.15, -0.1) is 0 Å². The number of carbonyl (C=O) groups is 2. The molecule has 0 fully saturated rings. The number of fused-ring (bicyclic) bond motifs is 1. The Hall–Kier alpha value is -2.90. The summed E-state index contributed by atoms with van der Waals surface area (Å²) >= 11 is 12.0. The van der Waals surface area contributed by atoms with Gasteiger partial charge in [0, 0.05) is 21.7 Å². The predicted octanol–water partition coefficient (Wildman–Crippen LogP) is 5.72. The molecule has 1 aliphatic rings. The molecule has 0 saturated carbocycles. The van der Waals surface area contributed by atoms with Crippen molar-refractivity contribution in [2.75, 3.05) is 4.90 Å². The minimum Gasteiger partial charge on any atom is -0.443 e. The zero-order valence-corrected chi connectivity index (χ0v) is 17.2. The minimum absolute atomic E-state index is 0.0906. The summed E-state index contributed by atoms with van der Waals surface area (Å²) in [5.74, 6) is -0.675. The fraction of sp³-hybridized carbons (Fsp3) is 0.200. The van der Waals surface area contributed by atoms with Gasteiger partial charge in [-0.25, -0.2) is 9.69 Å². The first-order chi connectivity index (χ1) is 13.5. The van der Waals surface area contributed by atoms with Crippen LogP contribution >= 0.6 is 23.2 Å². The average molecular weight is 435 g/mol. The molecule has 0 saturated heterocycles. The largest absolute Gasteiger partial charge is 0.443 e. The number of hydrogen-bond donors (Lipinski definition) is 0. The average Bonchev–Trinajstić information content (AvgIpc) is 2.84. The Morgan fingerprint density at radius 3 is 2.38 bits per heavy atom. The quantitative estimate of drug-likeness (QED) is 0.342. The number of halogens is 2. The summed E-state index contributed by atoms with van der Waals surface area (Å²) in [5.41, 5.74) is -0.173. The molecule has 0 aliphatic carbocycles. The summed E-state index contributed by atoms with van der Waals surface area (Å²) in [6.45, 7) is 5.03. The number of ether oxygens (including phenoxy) is 1. The van der Waals surface area contributed by atoms with Crippen LogP contribution in [0, 0.1) is 10.1 Å². The molecule has 2 aromatic carbocycles. The molecule has 0 radical (unpaired) electrons. The molecule has 0 aromatic heterocycles. The molecule has 2 amide bonds. The maximum absolute atomic E-state index is 13.1. The molecule has 9 heteroatoms. The van der Waals surface area contributed by atoms with Crippen molar-refractivity contribution in [3.05, 3.63) is 67.7 Å². The number of carbonyl (C=O) groups excluding carboxylic acids is 2. The van der Waals surface area contributed by atoms with E-state index in [1.165, 1.54) is 30.3 Å². The fourth-order valence-corrected chi connectivity index (χ4v) is 3.20. The molecular weight excluding hydrogens is 419 g/mol. The van der Waals surface area contributed by atoms with E-state index in [1.54, 1.807) is 32.9 Å². The third-order valence-corrected chi connectivity index (χ3v) is 4.46. The zero-order valence-electron chi connectivity index (χ0n) is 15.7. The van der Waals surface area contributed by atoms with Crippen molar-refractivity contribution in [1.82, 2.24) is 0 Å². The number of nitrogens with zero attached hydrogens (tertiary/aromatic N) is 2. The highest BCUT2D eigenvalue weighted by Crippen LogP contribution is 2.41. The topological polar surface area (TPSA) is 89.8 Å². The van der Waals surface area contributed by atoms with Crippen molar-refractivity contribution in [3.8, 4) is 0 Å². The van der Waals surface area contributed by atoms with Gasteiger partial charge in [0.1, 0.15) is 5.60 Å². The molecule has 0 atom stereocenters. The van der Waals surface area contributed by atoms with E-state index in [4.69, 9.17) is 27.9 Å². The lowest BCUT2D eigenvalue weighted by Gasteiger charge is -2.23. The second kappa shape index (κ2) is 7.50. The van der Waals surface area contributed by atoms with Crippen LogP contribution in [-0.2, 0) is 9.53 Å². The van der Waals surface area contributed by atoms with E-state index >= 15 is 0 Å². The van der Waals surface area contributed by atoms with E-state index in [-0.39, 0.29) is 27.5 Å². The van der Waals surface area contributed by atoms with Gasteiger partial charge in [0.2, 0.25) is 0 Å². The minimum atomic E-state index is -0.866. The zero-order chi connectivity index (χ0) is 21.5. The molecule has 150 valence electrons. The molecule has 0 bridgehead atoms. The van der Waals surface area contributed by atoms with Gasteiger partial charge < -0.3 is 4.74 Å². The van der Waals surface area contributed by atoms with Gasteiger partial charge in [-0.3, -0.25) is 14.9 Å². The van der Waals surface area contributed by atoms with Crippen molar-refractivity contribution in [2.45, 2.75) is 26.4 Å². The van der Waals surface area contributed by atoms with Gasteiger partial charge in [-0.1, -0.05) is 29.3 Å². The summed E-state index contributed by atoms with van der Waals surface area (Å²) in [4.78, 5) is 37.4. The number of nitro benzene ring substituents is 1. The third kappa shape index (κ3) is 4.26. The summed E-state index contributed by atoms with van der Waals surface area (Å²) in [5, 5.41) is 11.9. The Balaban J connectivity index is 2.17. The lowest BCUT2D eigenvalue weighted by atomic mass is 10.0. The monoisotopic (exact) mass is 434 g/mol. The van der Waals surface area contributed by atoms with Crippen molar-refractivity contribution in [2.24, 2.45) is 0 Å². The Morgan fingerprint density at radius 1 is 1.14 bits per heavy atom. The standard InChI is InChI=1S/C20H16Cl2N2O5/c1-20(2,3)29-19(26)23-17-10-13(22)4-6-14(17)15(18(23)25)9-11-8-12(21)5-7-16(11)24(27)28/h4-10H,1-3H3/b15-9+. The first kappa shape index (κ1) is 20.8. The number of imide groups is 1. The number of amides is 2. The van der Waals surface area contributed by atoms with Gasteiger partial charge >= 0.3 is 6.09 Å². The highest BCUT2D eigenvalue weighted by Gasteiger charge is 2.39. The van der Waals surface area contributed by atoms with E-state index in [2.05, 4.69) is 0 Å². The molecule has 2 aromatic rings. The van der Waals surface area contributed by atoms with Crippen LogP contribution in [0.25, 0.3) is 11.6 Å². The maximum Gasteiger partial charge on any atom is 0.422 e. The second-order valence-corrected chi connectivity index (χ2v) is 8.17. The SMILES string of the molecule is CC(C)(C)OC(=O)N1C(=O)/C(=C/c2cc(Cl)ccc2[N+](=O)[O-])c2ccc(Cl)cc21. The Labute approximate surface area is 176 Å². The number of anilines is 1. The summed E-state index contributed by atoms with van der Waals surface area (Å²) in [6, 6.07) is 8.62. The smallest absolute Gasteiger partial charge is 0.422 e. The first-order valence-electron chi connectivity index (χ1n) is 8.51. The highest BCUT2D eigenvalue weighted by atomic mass is 35.5. The van der Waals surface area contributed by atoms with Crippen LogP contribution in [0.3, 0.4) is 0 Å². The van der Waals surface area contributed by atoms with E-state index in [9.17, 15) is 19.7 Å².